The first-order chi connectivity index (χ1) is 10.1. The predicted molar refractivity (Wildman–Crippen MR) is 82.5 cm³/mol. The maximum atomic E-state index is 12.3. The molecule has 5 nitrogen and oxygen atoms in total. The molecule has 1 aliphatic carbocycles. The molecule has 0 aliphatic heterocycles. The van der Waals surface area contributed by atoms with Gasteiger partial charge in [-0.3, -0.25) is 9.89 Å². The molecule has 0 fully saturated rings. The average Bonchev–Trinajstić information content (AvgIpc) is 3.07. The quantitative estimate of drug-likeness (QED) is 0.646. The lowest BCUT2D eigenvalue weighted by Gasteiger charge is -2.30. The molecule has 1 aliphatic rings. The van der Waals surface area contributed by atoms with Crippen molar-refractivity contribution in [2.45, 2.75) is 31.8 Å². The third-order valence-corrected chi connectivity index (χ3v) is 5.40. The fraction of sp³-hybridized carbons (Fsp3) is 0.333. The van der Waals surface area contributed by atoms with Gasteiger partial charge in [0.2, 0.25) is 0 Å². The minimum absolute atomic E-state index is 0.120. The molecule has 3 aromatic heterocycles. The SMILES string of the molecule is CC1(O)CCCc2c1[nH]c(=O)c1sc(-c3cn[nH]c3)cc21. The highest BCUT2D eigenvalue weighted by atomic mass is 32.1. The minimum Gasteiger partial charge on any atom is -0.384 e. The lowest BCUT2D eigenvalue weighted by Crippen LogP contribution is -2.31. The molecule has 1 unspecified atom stereocenters. The number of nitrogens with zero attached hydrogens (tertiary/aromatic N) is 1. The minimum atomic E-state index is -0.946. The maximum absolute atomic E-state index is 12.3. The summed E-state index contributed by atoms with van der Waals surface area (Å²) in [7, 11) is 0. The van der Waals surface area contributed by atoms with Crippen LogP contribution in [0.4, 0.5) is 0 Å². The molecule has 0 saturated carbocycles. The Bertz CT molecular complexity index is 874. The van der Waals surface area contributed by atoms with E-state index in [2.05, 4.69) is 15.2 Å². The number of hydrogen-bond donors (Lipinski definition) is 3. The normalized spacial score (nSPS) is 21.6. The van der Waals surface area contributed by atoms with Crippen molar-refractivity contribution in [1.82, 2.24) is 15.2 Å². The van der Waals surface area contributed by atoms with E-state index in [1.54, 1.807) is 13.1 Å². The van der Waals surface area contributed by atoms with Crippen molar-refractivity contribution in [3.05, 3.63) is 40.1 Å². The molecular weight excluding hydrogens is 286 g/mol. The number of fused-ring (bicyclic) bond motifs is 3. The number of nitrogens with one attached hydrogen (secondary N) is 2. The van der Waals surface area contributed by atoms with Crippen molar-refractivity contribution in [2.75, 3.05) is 0 Å². The Morgan fingerprint density at radius 3 is 3.10 bits per heavy atom. The largest absolute Gasteiger partial charge is 0.384 e. The van der Waals surface area contributed by atoms with E-state index >= 15 is 0 Å². The number of pyridine rings is 1. The second-order valence-electron chi connectivity index (χ2n) is 5.78. The van der Waals surface area contributed by atoms with Gasteiger partial charge in [-0.25, -0.2) is 0 Å². The van der Waals surface area contributed by atoms with Crippen LogP contribution in [0.5, 0.6) is 0 Å². The van der Waals surface area contributed by atoms with Crippen LogP contribution in [0.1, 0.15) is 31.0 Å². The molecule has 3 heterocycles. The van der Waals surface area contributed by atoms with Gasteiger partial charge in [-0.1, -0.05) is 0 Å². The van der Waals surface area contributed by atoms with Crippen LogP contribution in [-0.4, -0.2) is 20.3 Å². The van der Waals surface area contributed by atoms with E-state index in [1.807, 2.05) is 12.3 Å². The number of aromatic nitrogens is 3. The van der Waals surface area contributed by atoms with Gasteiger partial charge < -0.3 is 10.1 Å². The van der Waals surface area contributed by atoms with Gasteiger partial charge in [0, 0.05) is 22.0 Å². The molecule has 3 N–H and O–H groups in total. The molecule has 0 bridgehead atoms. The number of hydrogen-bond acceptors (Lipinski definition) is 4. The number of thiophene rings is 1. The standard InChI is InChI=1S/C15H15N3O2S/c1-15(20)4-2-3-9-10-5-11(8-6-16-17-7-8)21-12(10)14(19)18-13(9)15/h5-7,20H,2-4H2,1H3,(H,16,17)(H,18,19). The molecule has 0 radical (unpaired) electrons. The Morgan fingerprint density at radius 1 is 1.48 bits per heavy atom. The van der Waals surface area contributed by atoms with Crippen molar-refractivity contribution in [3.63, 3.8) is 0 Å². The van der Waals surface area contributed by atoms with Crippen molar-refractivity contribution < 1.29 is 5.11 Å². The summed E-state index contributed by atoms with van der Waals surface area (Å²) < 4.78 is 0.725. The molecule has 21 heavy (non-hydrogen) atoms. The zero-order valence-corrected chi connectivity index (χ0v) is 12.4. The molecule has 0 spiro atoms. The fourth-order valence-electron chi connectivity index (χ4n) is 3.15. The average molecular weight is 301 g/mol. The fourth-order valence-corrected chi connectivity index (χ4v) is 4.21. The van der Waals surface area contributed by atoms with Gasteiger partial charge in [-0.05, 0) is 37.8 Å². The second kappa shape index (κ2) is 4.29. The molecule has 1 atom stereocenters. The van der Waals surface area contributed by atoms with Gasteiger partial charge in [0.15, 0.2) is 0 Å². The van der Waals surface area contributed by atoms with Crippen LogP contribution in [0, 0.1) is 0 Å². The van der Waals surface area contributed by atoms with Crippen LogP contribution >= 0.6 is 11.3 Å². The van der Waals surface area contributed by atoms with E-state index in [9.17, 15) is 9.90 Å². The highest BCUT2D eigenvalue weighted by molar-refractivity contribution is 7.22. The van der Waals surface area contributed by atoms with E-state index in [-0.39, 0.29) is 5.56 Å². The first kappa shape index (κ1) is 12.8. The van der Waals surface area contributed by atoms with Crippen molar-refractivity contribution in [2.24, 2.45) is 0 Å². The van der Waals surface area contributed by atoms with Gasteiger partial charge in [-0.15, -0.1) is 11.3 Å². The molecule has 6 heteroatoms. The predicted octanol–water partition coefficient (Wildman–Crippen LogP) is 2.52. The lowest BCUT2D eigenvalue weighted by atomic mass is 9.83. The van der Waals surface area contributed by atoms with E-state index in [0.29, 0.717) is 12.1 Å². The third-order valence-electron chi connectivity index (χ3n) is 4.22. The van der Waals surface area contributed by atoms with Crippen LogP contribution in [0.15, 0.2) is 23.3 Å². The van der Waals surface area contributed by atoms with Crippen LogP contribution in [-0.2, 0) is 12.0 Å². The van der Waals surface area contributed by atoms with E-state index in [0.717, 1.165) is 38.9 Å². The molecule has 0 saturated heterocycles. The van der Waals surface area contributed by atoms with Crippen LogP contribution in [0.25, 0.3) is 20.5 Å². The molecule has 3 aromatic rings. The summed E-state index contributed by atoms with van der Waals surface area (Å²) in [6.45, 7) is 1.77. The Morgan fingerprint density at radius 2 is 2.33 bits per heavy atom. The Kier molecular flexibility index (Phi) is 2.61. The number of H-pyrrole nitrogens is 2. The molecule has 0 amide bonds. The molecule has 108 valence electrons. The summed E-state index contributed by atoms with van der Waals surface area (Å²) in [5.41, 5.74) is 1.67. The highest BCUT2D eigenvalue weighted by Crippen LogP contribution is 2.39. The number of aliphatic hydroxyl groups is 1. The zero-order valence-electron chi connectivity index (χ0n) is 11.6. The van der Waals surface area contributed by atoms with Crippen LogP contribution < -0.4 is 5.56 Å². The first-order valence-electron chi connectivity index (χ1n) is 6.97. The number of aromatic amines is 2. The highest BCUT2D eigenvalue weighted by Gasteiger charge is 2.32. The van der Waals surface area contributed by atoms with Crippen molar-refractivity contribution in [3.8, 4) is 10.4 Å². The Hall–Kier alpha value is -1.92. The van der Waals surface area contributed by atoms with Gasteiger partial charge in [-0.2, -0.15) is 5.10 Å². The number of aryl methyl sites for hydroxylation is 1. The first-order valence-corrected chi connectivity index (χ1v) is 7.78. The second-order valence-corrected chi connectivity index (χ2v) is 6.83. The smallest absolute Gasteiger partial charge is 0.266 e. The van der Waals surface area contributed by atoms with Gasteiger partial charge >= 0.3 is 0 Å². The van der Waals surface area contributed by atoms with Gasteiger partial charge in [0.25, 0.3) is 5.56 Å². The monoisotopic (exact) mass is 301 g/mol. The Labute approximate surface area is 124 Å². The van der Waals surface area contributed by atoms with E-state index in [4.69, 9.17) is 0 Å². The van der Waals surface area contributed by atoms with Crippen LogP contribution in [0.3, 0.4) is 0 Å². The molecule has 4 rings (SSSR count). The van der Waals surface area contributed by atoms with Crippen LogP contribution in [0.2, 0.25) is 0 Å². The summed E-state index contributed by atoms with van der Waals surface area (Å²) in [4.78, 5) is 16.3. The summed E-state index contributed by atoms with van der Waals surface area (Å²) in [6.07, 6.45) is 6.07. The van der Waals surface area contributed by atoms with Gasteiger partial charge in [0.1, 0.15) is 10.3 Å². The molecular formula is C15H15N3O2S. The topological polar surface area (TPSA) is 81.8 Å². The zero-order chi connectivity index (χ0) is 14.6. The van der Waals surface area contributed by atoms with E-state index < -0.39 is 5.60 Å². The third kappa shape index (κ3) is 1.86. The van der Waals surface area contributed by atoms with Crippen molar-refractivity contribution in [1.29, 1.82) is 0 Å². The lowest BCUT2D eigenvalue weighted by molar-refractivity contribution is 0.0341. The number of rotatable bonds is 1. The Balaban J connectivity index is 2.04. The summed E-state index contributed by atoms with van der Waals surface area (Å²) in [5.74, 6) is 0. The summed E-state index contributed by atoms with van der Waals surface area (Å²) in [5, 5.41) is 18.2. The molecule has 0 aromatic carbocycles. The van der Waals surface area contributed by atoms with Crippen molar-refractivity contribution >= 4 is 21.4 Å². The van der Waals surface area contributed by atoms with Gasteiger partial charge in [0.05, 0.1) is 11.9 Å². The summed E-state index contributed by atoms with van der Waals surface area (Å²) in [6, 6.07) is 2.04. The summed E-state index contributed by atoms with van der Waals surface area (Å²) >= 11 is 1.47. The van der Waals surface area contributed by atoms with E-state index in [1.165, 1.54) is 11.3 Å². The maximum Gasteiger partial charge on any atom is 0.266 e.